The maximum absolute atomic E-state index is 12.0. The van der Waals surface area contributed by atoms with Crippen LogP contribution in [0.25, 0.3) is 0 Å². The molecule has 0 saturated carbocycles. The molecule has 0 aliphatic carbocycles. The van der Waals surface area contributed by atoms with Crippen LogP contribution >= 0.6 is 31.4 Å². The van der Waals surface area contributed by atoms with Gasteiger partial charge in [0, 0.05) is 16.8 Å². The van der Waals surface area contributed by atoms with Crippen LogP contribution in [0.5, 0.6) is 5.75 Å². The third kappa shape index (κ3) is 4.34. The first-order chi connectivity index (χ1) is 14.1. The second-order valence-electron chi connectivity index (χ2n) is 6.83. The standard InChI is InChI=1S/C16H13B2Cl2N2O7P/c17-16(18,29-30(25)26-7-8-5-9(19)1-2-11(8)28-30)12-3-4-13(27-12)22-6-10(20)14(23)21-15(22)24/h1-2,5-6,12-13,25H,3-4,7H2/p+1. The number of fused-ring (bicyclic) bond motifs is 1. The highest BCUT2D eigenvalue weighted by molar-refractivity contribution is 7.56. The molecule has 2 N–H and O–H groups in total. The Labute approximate surface area is 183 Å². The molecule has 1 fully saturated rings. The highest BCUT2D eigenvalue weighted by Gasteiger charge is 2.56. The van der Waals surface area contributed by atoms with Gasteiger partial charge >= 0.3 is 13.9 Å². The minimum absolute atomic E-state index is 0.0182. The molecule has 4 rings (SSSR count). The Hall–Kier alpha value is -1.32. The number of hydrogen-bond donors (Lipinski definition) is 2. The number of aromatic amines is 1. The molecule has 2 aliphatic heterocycles. The van der Waals surface area contributed by atoms with Crippen molar-refractivity contribution in [1.82, 2.24) is 9.55 Å². The molecule has 1 aromatic carbocycles. The lowest BCUT2D eigenvalue weighted by atomic mass is 9.61. The summed E-state index contributed by atoms with van der Waals surface area (Å²) in [6.45, 7) is -0.0182. The van der Waals surface area contributed by atoms with Gasteiger partial charge in [-0.25, -0.2) is 4.79 Å². The van der Waals surface area contributed by atoms with Crippen molar-refractivity contribution in [2.24, 2.45) is 0 Å². The Kier molecular flexibility index (Phi) is 5.83. The molecule has 1 aromatic heterocycles. The van der Waals surface area contributed by atoms with Gasteiger partial charge < -0.3 is 4.74 Å². The van der Waals surface area contributed by atoms with Crippen LogP contribution in [0.2, 0.25) is 10.0 Å². The predicted molar refractivity (Wildman–Crippen MR) is 111 cm³/mol. The second-order valence-corrected chi connectivity index (χ2v) is 9.23. The molecule has 3 atom stereocenters. The Morgan fingerprint density at radius 3 is 2.83 bits per heavy atom. The molecule has 0 bridgehead atoms. The smallest absolute Gasteiger partial charge is 0.353 e. The van der Waals surface area contributed by atoms with E-state index in [4.69, 9.17) is 57.2 Å². The van der Waals surface area contributed by atoms with Gasteiger partial charge in [0.2, 0.25) is 0 Å². The van der Waals surface area contributed by atoms with Gasteiger partial charge in [0.1, 0.15) is 33.5 Å². The van der Waals surface area contributed by atoms with E-state index >= 15 is 0 Å². The largest absolute Gasteiger partial charge is 0.618 e. The zero-order chi connectivity index (χ0) is 21.7. The molecule has 3 heterocycles. The molecule has 0 amide bonds. The fraction of sp³-hybridized carbons (Fsp3) is 0.375. The monoisotopic (exact) mass is 469 g/mol. The SMILES string of the molecule is [B]C([B])(O[P+]1(O)OCc2cc(Cl)ccc2O1)C1CCC(n2cc(Cl)c(=O)[nH]c2=O)O1. The van der Waals surface area contributed by atoms with Crippen molar-refractivity contribution < 1.29 is 23.2 Å². The number of halogens is 2. The molecule has 14 heteroatoms. The predicted octanol–water partition coefficient (Wildman–Crippen LogP) is 1.81. The second kappa shape index (κ2) is 7.98. The normalized spacial score (nSPS) is 26.2. The van der Waals surface area contributed by atoms with Crippen molar-refractivity contribution in [1.29, 1.82) is 0 Å². The molecule has 1 saturated heterocycles. The zero-order valence-corrected chi connectivity index (χ0v) is 17.7. The summed E-state index contributed by atoms with van der Waals surface area (Å²) < 4.78 is 23.1. The zero-order valence-electron chi connectivity index (χ0n) is 15.3. The van der Waals surface area contributed by atoms with E-state index in [1.807, 2.05) is 0 Å². The van der Waals surface area contributed by atoms with Crippen LogP contribution in [0.15, 0.2) is 34.0 Å². The fourth-order valence-corrected chi connectivity index (χ4v) is 4.92. The Balaban J connectivity index is 1.48. The number of benzene rings is 1. The van der Waals surface area contributed by atoms with E-state index in [0.29, 0.717) is 22.8 Å². The maximum atomic E-state index is 12.0. The first-order valence-electron chi connectivity index (χ1n) is 8.76. The number of rotatable bonds is 4. The quantitative estimate of drug-likeness (QED) is 0.519. The van der Waals surface area contributed by atoms with E-state index in [1.54, 1.807) is 18.2 Å². The van der Waals surface area contributed by atoms with Crippen LogP contribution in [0.3, 0.4) is 0 Å². The Morgan fingerprint density at radius 1 is 1.30 bits per heavy atom. The average Bonchev–Trinajstić information content (AvgIpc) is 3.15. The summed E-state index contributed by atoms with van der Waals surface area (Å²) in [7, 11) is 8.21. The van der Waals surface area contributed by atoms with Gasteiger partial charge in [-0.2, -0.15) is 9.42 Å². The summed E-state index contributed by atoms with van der Waals surface area (Å²) in [6.07, 6.45) is 0.0553. The van der Waals surface area contributed by atoms with Crippen LogP contribution in [0.4, 0.5) is 0 Å². The minimum Gasteiger partial charge on any atom is -0.353 e. The van der Waals surface area contributed by atoms with E-state index in [9.17, 15) is 14.5 Å². The molecule has 30 heavy (non-hydrogen) atoms. The first-order valence-corrected chi connectivity index (χ1v) is 11.0. The molecule has 3 unspecified atom stereocenters. The van der Waals surface area contributed by atoms with Gasteiger partial charge in [0.05, 0.1) is 11.5 Å². The van der Waals surface area contributed by atoms with Crippen LogP contribution in [0, 0.1) is 0 Å². The number of aromatic nitrogens is 2. The van der Waals surface area contributed by atoms with E-state index in [-0.39, 0.29) is 18.1 Å². The summed E-state index contributed by atoms with van der Waals surface area (Å²) in [4.78, 5) is 36.2. The number of hydrogen-bond acceptors (Lipinski definition) is 7. The molecule has 2 aromatic rings. The van der Waals surface area contributed by atoms with Crippen molar-refractivity contribution in [2.45, 2.75) is 37.2 Å². The summed E-state index contributed by atoms with van der Waals surface area (Å²) in [5.74, 6) is 0.330. The van der Waals surface area contributed by atoms with Gasteiger partial charge in [-0.05, 0) is 31.0 Å². The Morgan fingerprint density at radius 2 is 2.07 bits per heavy atom. The summed E-state index contributed by atoms with van der Waals surface area (Å²) >= 11 is 11.7. The third-order valence-corrected chi connectivity index (χ3v) is 6.56. The molecular formula is C16H14B2Cl2N2O7P+. The molecule has 4 radical (unpaired) electrons. The van der Waals surface area contributed by atoms with E-state index in [2.05, 4.69) is 4.98 Å². The van der Waals surface area contributed by atoms with E-state index in [0.717, 1.165) is 4.57 Å². The average molecular weight is 470 g/mol. The van der Waals surface area contributed by atoms with Crippen LogP contribution in [0.1, 0.15) is 24.6 Å². The van der Waals surface area contributed by atoms with E-state index < -0.39 is 37.2 Å². The highest BCUT2D eigenvalue weighted by atomic mass is 35.5. The summed E-state index contributed by atoms with van der Waals surface area (Å²) in [5.41, 5.74) is -0.777. The summed E-state index contributed by atoms with van der Waals surface area (Å²) in [6, 6.07) is 4.79. The van der Waals surface area contributed by atoms with Crippen molar-refractivity contribution >= 4 is 47.1 Å². The van der Waals surface area contributed by atoms with Gasteiger partial charge in [-0.15, -0.1) is 4.52 Å². The molecule has 9 nitrogen and oxygen atoms in total. The number of H-pyrrole nitrogens is 1. The first kappa shape index (κ1) is 21.9. The molecule has 154 valence electrons. The molecule has 2 aliphatic rings. The number of nitrogens with zero attached hydrogens (tertiary/aromatic N) is 1. The minimum atomic E-state index is -3.91. The van der Waals surface area contributed by atoms with Crippen molar-refractivity contribution in [3.63, 3.8) is 0 Å². The number of ether oxygens (including phenoxy) is 1. The summed E-state index contributed by atoms with van der Waals surface area (Å²) in [5, 5.41) is -1.69. The van der Waals surface area contributed by atoms with Crippen molar-refractivity contribution in [3.05, 3.63) is 60.8 Å². The fourth-order valence-electron chi connectivity index (χ4n) is 3.19. The van der Waals surface area contributed by atoms with Gasteiger partial charge in [-0.1, -0.05) is 23.2 Å². The number of nitrogens with one attached hydrogen (secondary N) is 1. The Bertz CT molecular complexity index is 1100. The third-order valence-electron chi connectivity index (χ3n) is 4.63. The topological polar surface area (TPSA) is 112 Å². The molecule has 0 spiro atoms. The lowest BCUT2D eigenvalue weighted by Crippen LogP contribution is -2.47. The van der Waals surface area contributed by atoms with E-state index in [1.165, 1.54) is 6.20 Å². The van der Waals surface area contributed by atoms with Crippen LogP contribution in [-0.2, 0) is 20.4 Å². The van der Waals surface area contributed by atoms with Crippen LogP contribution < -0.4 is 15.8 Å². The lowest BCUT2D eigenvalue weighted by molar-refractivity contribution is -0.0560. The maximum Gasteiger partial charge on any atom is 0.618 e. The van der Waals surface area contributed by atoms with Crippen LogP contribution in [-0.4, -0.2) is 41.6 Å². The van der Waals surface area contributed by atoms with Gasteiger partial charge in [0.25, 0.3) is 5.56 Å². The lowest BCUT2D eigenvalue weighted by Gasteiger charge is -2.33. The van der Waals surface area contributed by atoms with Crippen molar-refractivity contribution in [3.8, 4) is 5.75 Å². The highest BCUT2D eigenvalue weighted by Crippen LogP contribution is 2.63. The van der Waals surface area contributed by atoms with Crippen molar-refractivity contribution in [2.75, 3.05) is 0 Å². The molecular weight excluding hydrogens is 456 g/mol. The van der Waals surface area contributed by atoms with Gasteiger partial charge in [-0.3, -0.25) is 18.9 Å². The van der Waals surface area contributed by atoms with Gasteiger partial charge in [0.15, 0.2) is 5.75 Å².